The minimum atomic E-state index is -0.573. The number of piperidine rings is 1. The molecule has 0 aromatic heterocycles. The molecule has 0 atom stereocenters. The fraction of sp³-hybridized carbons (Fsp3) is 0.591. The third-order valence-electron chi connectivity index (χ3n) is 4.80. The minimum absolute atomic E-state index is 0.0198. The molecule has 1 heterocycles. The zero-order valence-electron chi connectivity index (χ0n) is 18.9. The van der Waals surface area contributed by atoms with Crippen molar-refractivity contribution in [3.05, 3.63) is 23.8 Å². The lowest BCUT2D eigenvalue weighted by Gasteiger charge is -2.32. The van der Waals surface area contributed by atoms with E-state index >= 15 is 0 Å². The molecule has 1 aromatic rings. The summed E-state index contributed by atoms with van der Waals surface area (Å²) in [5.74, 6) is 0.858. The molecule has 0 saturated carbocycles. The van der Waals surface area contributed by atoms with Gasteiger partial charge in [-0.3, -0.25) is 9.59 Å². The van der Waals surface area contributed by atoms with Gasteiger partial charge in [0, 0.05) is 43.7 Å². The van der Waals surface area contributed by atoms with Gasteiger partial charge in [0.05, 0.1) is 14.2 Å². The van der Waals surface area contributed by atoms with Crippen LogP contribution in [0.2, 0.25) is 0 Å². The standard InChI is InChI=1S/C22H33N3O6/c1-22(2,3)31-21(28)23-9-6-19(26)25-10-7-16(8-11-25)24-20(27)15-12-17(29-4)14-18(13-15)30-5/h12-14,16H,6-11H2,1-5H3,(H,23,28)(H,24,27). The van der Waals surface area contributed by atoms with Crippen molar-refractivity contribution in [2.45, 2.75) is 51.7 Å². The quantitative estimate of drug-likeness (QED) is 0.681. The topological polar surface area (TPSA) is 106 Å². The molecule has 0 aliphatic carbocycles. The number of ether oxygens (including phenoxy) is 3. The number of nitrogens with one attached hydrogen (secondary N) is 2. The monoisotopic (exact) mass is 435 g/mol. The Morgan fingerprint density at radius 2 is 1.61 bits per heavy atom. The van der Waals surface area contributed by atoms with Gasteiger partial charge in [0.25, 0.3) is 5.91 Å². The number of methoxy groups -OCH3 is 2. The number of carbonyl (C=O) groups excluding carboxylic acids is 3. The van der Waals surface area contributed by atoms with Gasteiger partial charge in [0.15, 0.2) is 0 Å². The van der Waals surface area contributed by atoms with Crippen molar-refractivity contribution in [1.29, 1.82) is 0 Å². The second kappa shape index (κ2) is 10.9. The van der Waals surface area contributed by atoms with Crippen molar-refractivity contribution in [3.8, 4) is 11.5 Å². The first-order valence-electron chi connectivity index (χ1n) is 10.4. The molecule has 9 heteroatoms. The smallest absolute Gasteiger partial charge is 0.407 e. The average molecular weight is 436 g/mol. The Morgan fingerprint density at radius 3 is 2.13 bits per heavy atom. The molecule has 3 amide bonds. The summed E-state index contributed by atoms with van der Waals surface area (Å²) in [6, 6.07) is 5.01. The van der Waals surface area contributed by atoms with Crippen LogP contribution in [0.25, 0.3) is 0 Å². The van der Waals surface area contributed by atoms with Crippen molar-refractivity contribution in [2.24, 2.45) is 0 Å². The SMILES string of the molecule is COc1cc(OC)cc(C(=O)NC2CCN(C(=O)CCNC(=O)OC(C)(C)C)CC2)c1. The number of amides is 3. The first-order valence-corrected chi connectivity index (χ1v) is 10.4. The Balaban J connectivity index is 1.76. The lowest BCUT2D eigenvalue weighted by molar-refractivity contribution is -0.132. The molecule has 1 aliphatic heterocycles. The molecule has 0 radical (unpaired) electrons. The maximum Gasteiger partial charge on any atom is 0.407 e. The van der Waals surface area contributed by atoms with Crippen LogP contribution in [0.4, 0.5) is 4.79 Å². The predicted molar refractivity (Wildman–Crippen MR) is 115 cm³/mol. The molecule has 1 aromatic carbocycles. The molecular formula is C22H33N3O6. The number of carbonyl (C=O) groups is 3. The van der Waals surface area contributed by atoms with E-state index in [2.05, 4.69) is 10.6 Å². The van der Waals surface area contributed by atoms with Crippen molar-refractivity contribution < 1.29 is 28.6 Å². The first kappa shape index (κ1) is 24.3. The third kappa shape index (κ3) is 7.99. The first-order chi connectivity index (χ1) is 14.6. The Morgan fingerprint density at radius 1 is 1.03 bits per heavy atom. The normalized spacial score (nSPS) is 14.5. The number of hydrogen-bond acceptors (Lipinski definition) is 6. The summed E-state index contributed by atoms with van der Waals surface area (Å²) in [4.78, 5) is 38.4. The van der Waals surface area contributed by atoms with Gasteiger partial charge in [-0.2, -0.15) is 0 Å². The largest absolute Gasteiger partial charge is 0.497 e. The van der Waals surface area contributed by atoms with Crippen LogP contribution in [-0.2, 0) is 9.53 Å². The molecule has 9 nitrogen and oxygen atoms in total. The van der Waals surface area contributed by atoms with Gasteiger partial charge in [-0.05, 0) is 45.7 Å². The van der Waals surface area contributed by atoms with E-state index < -0.39 is 11.7 Å². The zero-order chi connectivity index (χ0) is 23.0. The van der Waals surface area contributed by atoms with Crippen LogP contribution in [-0.4, -0.2) is 68.3 Å². The summed E-state index contributed by atoms with van der Waals surface area (Å²) in [5, 5.41) is 5.61. The summed E-state index contributed by atoms with van der Waals surface area (Å²) in [6.07, 6.45) is 1.01. The molecule has 2 N–H and O–H groups in total. The van der Waals surface area contributed by atoms with Gasteiger partial charge in [0.2, 0.25) is 5.91 Å². The third-order valence-corrected chi connectivity index (χ3v) is 4.80. The van der Waals surface area contributed by atoms with Crippen LogP contribution in [0, 0.1) is 0 Å². The maximum absolute atomic E-state index is 12.6. The molecule has 1 saturated heterocycles. The van der Waals surface area contributed by atoms with E-state index in [4.69, 9.17) is 14.2 Å². The lowest BCUT2D eigenvalue weighted by Crippen LogP contribution is -2.47. The van der Waals surface area contributed by atoms with Gasteiger partial charge < -0.3 is 29.7 Å². The van der Waals surface area contributed by atoms with Crippen LogP contribution in [0.5, 0.6) is 11.5 Å². The van der Waals surface area contributed by atoms with Crippen molar-refractivity contribution in [1.82, 2.24) is 15.5 Å². The van der Waals surface area contributed by atoms with Crippen LogP contribution in [0.1, 0.15) is 50.4 Å². The zero-order valence-corrected chi connectivity index (χ0v) is 18.9. The average Bonchev–Trinajstić information content (AvgIpc) is 2.72. The van der Waals surface area contributed by atoms with Gasteiger partial charge in [-0.25, -0.2) is 4.79 Å². The molecular weight excluding hydrogens is 402 g/mol. The molecule has 31 heavy (non-hydrogen) atoms. The second-order valence-electron chi connectivity index (χ2n) is 8.41. The molecule has 172 valence electrons. The molecule has 0 spiro atoms. The number of benzene rings is 1. The van der Waals surface area contributed by atoms with E-state index in [0.29, 0.717) is 43.0 Å². The molecule has 0 unspecified atom stereocenters. The Hall–Kier alpha value is -2.97. The highest BCUT2D eigenvalue weighted by atomic mass is 16.6. The van der Waals surface area contributed by atoms with Crippen molar-refractivity contribution in [3.63, 3.8) is 0 Å². The number of nitrogens with zero attached hydrogens (tertiary/aromatic N) is 1. The molecule has 1 aliphatic rings. The van der Waals surface area contributed by atoms with Gasteiger partial charge in [-0.15, -0.1) is 0 Å². The lowest BCUT2D eigenvalue weighted by atomic mass is 10.0. The van der Waals surface area contributed by atoms with Gasteiger partial charge in [-0.1, -0.05) is 0 Å². The summed E-state index contributed by atoms with van der Waals surface area (Å²) < 4.78 is 15.6. The predicted octanol–water partition coefficient (Wildman–Crippen LogP) is 2.34. The summed E-state index contributed by atoms with van der Waals surface area (Å²) in [5.41, 5.74) is -0.112. The molecule has 1 fully saturated rings. The fourth-order valence-corrected chi connectivity index (χ4v) is 3.22. The van der Waals surface area contributed by atoms with Crippen molar-refractivity contribution >= 4 is 17.9 Å². The fourth-order valence-electron chi connectivity index (χ4n) is 3.22. The summed E-state index contributed by atoms with van der Waals surface area (Å²) in [7, 11) is 3.07. The van der Waals surface area contributed by atoms with E-state index in [1.165, 1.54) is 14.2 Å². The highest BCUT2D eigenvalue weighted by Gasteiger charge is 2.24. The van der Waals surface area contributed by atoms with Gasteiger partial charge >= 0.3 is 6.09 Å². The summed E-state index contributed by atoms with van der Waals surface area (Å²) >= 11 is 0. The van der Waals surface area contributed by atoms with Gasteiger partial charge in [0.1, 0.15) is 17.1 Å². The highest BCUT2D eigenvalue weighted by molar-refractivity contribution is 5.95. The molecule has 0 bridgehead atoms. The maximum atomic E-state index is 12.6. The number of likely N-dealkylation sites (tertiary alicyclic amines) is 1. The van der Waals surface area contributed by atoms with Crippen molar-refractivity contribution in [2.75, 3.05) is 33.9 Å². The van der Waals surface area contributed by atoms with E-state index in [1.54, 1.807) is 43.9 Å². The number of alkyl carbamates (subject to hydrolysis) is 1. The Kier molecular flexibility index (Phi) is 8.53. The second-order valence-corrected chi connectivity index (χ2v) is 8.41. The molecule has 2 rings (SSSR count). The van der Waals surface area contributed by atoms with Crippen LogP contribution >= 0.6 is 0 Å². The van der Waals surface area contributed by atoms with E-state index in [9.17, 15) is 14.4 Å². The van der Waals surface area contributed by atoms with Crippen LogP contribution in [0.15, 0.2) is 18.2 Å². The van der Waals surface area contributed by atoms with E-state index in [-0.39, 0.29) is 30.8 Å². The Labute approximate surface area is 183 Å². The number of rotatable bonds is 7. The van der Waals surface area contributed by atoms with E-state index in [0.717, 1.165) is 0 Å². The number of hydrogen-bond donors (Lipinski definition) is 2. The Bertz CT molecular complexity index is 760. The van der Waals surface area contributed by atoms with Crippen LogP contribution in [0.3, 0.4) is 0 Å². The minimum Gasteiger partial charge on any atom is -0.497 e. The van der Waals surface area contributed by atoms with E-state index in [1.807, 2.05) is 0 Å². The highest BCUT2D eigenvalue weighted by Crippen LogP contribution is 2.23. The summed E-state index contributed by atoms with van der Waals surface area (Å²) in [6.45, 7) is 6.68. The van der Waals surface area contributed by atoms with Crippen LogP contribution < -0.4 is 20.1 Å².